The predicted molar refractivity (Wildman–Crippen MR) is 81.1 cm³/mol. The molecule has 2 rings (SSSR count). The van der Waals surface area contributed by atoms with E-state index in [1.165, 1.54) is 0 Å². The molecule has 0 saturated heterocycles. The van der Waals surface area contributed by atoms with Gasteiger partial charge in [-0.05, 0) is 25.8 Å². The summed E-state index contributed by atoms with van der Waals surface area (Å²) in [6.45, 7) is 6.57. The number of benzene rings is 1. The third-order valence-electron chi connectivity index (χ3n) is 3.21. The number of hydrogen-bond donors (Lipinski definition) is 0. The van der Waals surface area contributed by atoms with E-state index >= 15 is 0 Å². The molecule has 1 aromatic heterocycles. The normalized spacial score (nSPS) is 12.4. The van der Waals surface area contributed by atoms with Crippen molar-refractivity contribution < 1.29 is 4.74 Å². The summed E-state index contributed by atoms with van der Waals surface area (Å²) in [5.41, 5.74) is 2.96. The van der Waals surface area contributed by atoms with Gasteiger partial charge in [0.2, 0.25) is 0 Å². The van der Waals surface area contributed by atoms with Crippen LogP contribution in [0.1, 0.15) is 42.6 Å². The van der Waals surface area contributed by atoms with Crippen molar-refractivity contribution in [1.29, 1.82) is 0 Å². The van der Waals surface area contributed by atoms with E-state index in [4.69, 9.17) is 16.3 Å². The van der Waals surface area contributed by atoms with Crippen molar-refractivity contribution in [3.05, 3.63) is 58.1 Å². The van der Waals surface area contributed by atoms with Gasteiger partial charge in [-0.3, -0.25) is 0 Å². The predicted octanol–water partition coefficient (Wildman–Crippen LogP) is 4.13. The quantitative estimate of drug-likeness (QED) is 0.777. The van der Waals surface area contributed by atoms with Gasteiger partial charge in [-0.1, -0.05) is 48.9 Å². The van der Waals surface area contributed by atoms with Crippen molar-refractivity contribution in [3.8, 4) is 0 Å². The fraction of sp³-hybridized carbons (Fsp3) is 0.375. The van der Waals surface area contributed by atoms with E-state index in [1.54, 1.807) is 0 Å². The van der Waals surface area contributed by atoms with Gasteiger partial charge in [0.1, 0.15) is 11.3 Å². The molecule has 1 aromatic carbocycles. The average Bonchev–Trinajstić information content (AvgIpc) is 2.48. The molecule has 20 heavy (non-hydrogen) atoms. The molecule has 0 aliphatic rings. The minimum atomic E-state index is -0.274. The van der Waals surface area contributed by atoms with Gasteiger partial charge >= 0.3 is 0 Å². The fourth-order valence-electron chi connectivity index (χ4n) is 2.13. The molecule has 106 valence electrons. The molecule has 0 saturated carbocycles. The lowest BCUT2D eigenvalue weighted by molar-refractivity contribution is 0.0849. The number of aryl methyl sites for hydroxylation is 1. The Bertz CT molecular complexity index is 572. The maximum atomic E-state index is 6.22. The standard InChI is InChI=1S/C16H19ClN2O/c1-4-13-11(3)15(17)19-16(18-13)14(20-5-2)12-9-7-6-8-10-12/h6-10,14H,4-5H2,1-3H3. The summed E-state index contributed by atoms with van der Waals surface area (Å²) in [4.78, 5) is 9.03. The molecule has 1 atom stereocenters. The Kier molecular flexibility index (Phi) is 5.10. The van der Waals surface area contributed by atoms with Crippen LogP contribution in [0.25, 0.3) is 0 Å². The second kappa shape index (κ2) is 6.82. The van der Waals surface area contributed by atoms with Crippen LogP contribution in [-0.4, -0.2) is 16.6 Å². The smallest absolute Gasteiger partial charge is 0.163 e. The number of nitrogens with zero attached hydrogens (tertiary/aromatic N) is 2. The highest BCUT2D eigenvalue weighted by atomic mass is 35.5. The van der Waals surface area contributed by atoms with Crippen LogP contribution in [0, 0.1) is 6.92 Å². The summed E-state index contributed by atoms with van der Waals surface area (Å²) in [5, 5.41) is 0.507. The summed E-state index contributed by atoms with van der Waals surface area (Å²) >= 11 is 6.22. The van der Waals surface area contributed by atoms with Gasteiger partial charge in [0.25, 0.3) is 0 Å². The molecule has 0 aliphatic carbocycles. The largest absolute Gasteiger partial charge is 0.366 e. The average molecular weight is 291 g/mol. The number of ether oxygens (including phenoxy) is 1. The van der Waals surface area contributed by atoms with Crippen molar-refractivity contribution in [2.45, 2.75) is 33.3 Å². The number of halogens is 1. The zero-order valence-corrected chi connectivity index (χ0v) is 12.8. The van der Waals surface area contributed by atoms with Crippen LogP contribution in [-0.2, 0) is 11.2 Å². The maximum Gasteiger partial charge on any atom is 0.163 e. The summed E-state index contributed by atoms with van der Waals surface area (Å²) in [6, 6.07) is 9.98. The van der Waals surface area contributed by atoms with Gasteiger partial charge in [0, 0.05) is 17.9 Å². The molecule has 0 fully saturated rings. The van der Waals surface area contributed by atoms with Crippen LogP contribution in [0.4, 0.5) is 0 Å². The molecule has 0 N–H and O–H groups in total. The molecule has 0 aliphatic heterocycles. The third-order valence-corrected chi connectivity index (χ3v) is 3.58. The molecular formula is C16H19ClN2O. The maximum absolute atomic E-state index is 6.22. The molecule has 4 heteroatoms. The van der Waals surface area contributed by atoms with Crippen LogP contribution in [0.2, 0.25) is 5.15 Å². The van der Waals surface area contributed by atoms with E-state index in [1.807, 2.05) is 44.2 Å². The Morgan fingerprint density at radius 1 is 1.15 bits per heavy atom. The summed E-state index contributed by atoms with van der Waals surface area (Å²) in [6.07, 6.45) is 0.555. The first-order valence-electron chi connectivity index (χ1n) is 6.86. The molecule has 0 bridgehead atoms. The zero-order chi connectivity index (χ0) is 14.5. The highest BCUT2D eigenvalue weighted by Crippen LogP contribution is 2.26. The van der Waals surface area contributed by atoms with Gasteiger partial charge in [-0.25, -0.2) is 9.97 Å². The van der Waals surface area contributed by atoms with Crippen molar-refractivity contribution in [1.82, 2.24) is 9.97 Å². The molecule has 0 spiro atoms. The molecule has 1 unspecified atom stereocenters. The first-order valence-corrected chi connectivity index (χ1v) is 7.24. The molecule has 2 aromatic rings. The second-order valence-corrected chi connectivity index (χ2v) is 4.90. The number of aromatic nitrogens is 2. The number of hydrogen-bond acceptors (Lipinski definition) is 3. The molecule has 0 radical (unpaired) electrons. The lowest BCUT2D eigenvalue weighted by Gasteiger charge is -2.18. The monoisotopic (exact) mass is 290 g/mol. The lowest BCUT2D eigenvalue weighted by Crippen LogP contribution is -2.13. The van der Waals surface area contributed by atoms with Gasteiger partial charge in [-0.2, -0.15) is 0 Å². The minimum absolute atomic E-state index is 0.274. The van der Waals surface area contributed by atoms with Crippen LogP contribution in [0.5, 0.6) is 0 Å². The third kappa shape index (κ3) is 3.17. The van der Waals surface area contributed by atoms with Crippen LogP contribution >= 0.6 is 11.6 Å². The van der Waals surface area contributed by atoms with Crippen molar-refractivity contribution >= 4 is 11.6 Å². The topological polar surface area (TPSA) is 35.0 Å². The Morgan fingerprint density at radius 3 is 2.45 bits per heavy atom. The van der Waals surface area contributed by atoms with Crippen molar-refractivity contribution in [2.24, 2.45) is 0 Å². The zero-order valence-electron chi connectivity index (χ0n) is 12.1. The van der Waals surface area contributed by atoms with Gasteiger partial charge < -0.3 is 4.74 Å². The summed E-state index contributed by atoms with van der Waals surface area (Å²) in [7, 11) is 0. The van der Waals surface area contributed by atoms with Gasteiger partial charge in [-0.15, -0.1) is 0 Å². The molecule has 1 heterocycles. The lowest BCUT2D eigenvalue weighted by atomic mass is 10.1. The van der Waals surface area contributed by atoms with E-state index in [-0.39, 0.29) is 6.10 Å². The SMILES string of the molecule is CCOC(c1ccccc1)c1nc(Cl)c(C)c(CC)n1. The first kappa shape index (κ1) is 14.9. The highest BCUT2D eigenvalue weighted by molar-refractivity contribution is 6.30. The van der Waals surface area contributed by atoms with E-state index < -0.39 is 0 Å². The Balaban J connectivity index is 2.47. The van der Waals surface area contributed by atoms with Crippen LogP contribution in [0.15, 0.2) is 30.3 Å². The molecule has 3 nitrogen and oxygen atoms in total. The van der Waals surface area contributed by atoms with E-state index in [9.17, 15) is 0 Å². The molecule has 0 amide bonds. The van der Waals surface area contributed by atoms with Crippen LogP contribution < -0.4 is 0 Å². The summed E-state index contributed by atoms with van der Waals surface area (Å²) < 4.78 is 5.82. The van der Waals surface area contributed by atoms with Crippen molar-refractivity contribution in [3.63, 3.8) is 0 Å². The fourth-order valence-corrected chi connectivity index (χ4v) is 2.32. The van der Waals surface area contributed by atoms with E-state index in [2.05, 4.69) is 16.9 Å². The van der Waals surface area contributed by atoms with Crippen LogP contribution in [0.3, 0.4) is 0 Å². The number of rotatable bonds is 5. The second-order valence-electron chi connectivity index (χ2n) is 4.54. The first-order chi connectivity index (χ1) is 9.67. The summed E-state index contributed by atoms with van der Waals surface area (Å²) in [5.74, 6) is 0.630. The minimum Gasteiger partial charge on any atom is -0.366 e. The van der Waals surface area contributed by atoms with E-state index in [0.29, 0.717) is 17.6 Å². The Morgan fingerprint density at radius 2 is 1.85 bits per heavy atom. The molecular weight excluding hydrogens is 272 g/mol. The highest BCUT2D eigenvalue weighted by Gasteiger charge is 2.19. The Hall–Kier alpha value is -1.45. The van der Waals surface area contributed by atoms with Gasteiger partial charge in [0.05, 0.1) is 0 Å². The van der Waals surface area contributed by atoms with Gasteiger partial charge in [0.15, 0.2) is 5.82 Å². The van der Waals surface area contributed by atoms with Crippen molar-refractivity contribution in [2.75, 3.05) is 6.61 Å². The van der Waals surface area contributed by atoms with E-state index in [0.717, 1.165) is 23.2 Å². The Labute approximate surface area is 125 Å².